The molecule has 1 aliphatic carbocycles. The van der Waals surface area contributed by atoms with Crippen LogP contribution in [-0.4, -0.2) is 26.4 Å². The second kappa shape index (κ2) is 6.50. The molecule has 0 saturated heterocycles. The van der Waals surface area contributed by atoms with E-state index in [0.29, 0.717) is 11.8 Å². The largest absolute Gasteiger partial charge is 0.497 e. The second-order valence-electron chi connectivity index (χ2n) is 4.66. The van der Waals surface area contributed by atoms with Crippen LogP contribution < -0.4 is 15.8 Å². The van der Waals surface area contributed by atoms with Crippen LogP contribution in [0.2, 0.25) is 0 Å². The minimum atomic E-state index is 0.472. The Morgan fingerprint density at radius 1 is 1.33 bits per heavy atom. The topological polar surface area (TPSA) is 56.5 Å². The fraction of sp³-hybridized carbons (Fsp3) is 0.571. The highest BCUT2D eigenvalue weighted by molar-refractivity contribution is 5.68. The number of hydrogen-bond donors (Lipinski definition) is 2. The third-order valence-electron chi connectivity index (χ3n) is 3.33. The molecule has 100 valence electrons. The van der Waals surface area contributed by atoms with Crippen molar-refractivity contribution in [1.82, 2.24) is 0 Å². The zero-order chi connectivity index (χ0) is 12.8. The van der Waals surface area contributed by atoms with E-state index in [0.717, 1.165) is 24.6 Å². The summed E-state index contributed by atoms with van der Waals surface area (Å²) in [6.45, 7) is 1.52. The summed E-state index contributed by atoms with van der Waals surface area (Å²) >= 11 is 0. The summed E-state index contributed by atoms with van der Waals surface area (Å²) in [6.07, 6.45) is 5.52. The molecular formula is C14H22N2O2. The van der Waals surface area contributed by atoms with Gasteiger partial charge in [0, 0.05) is 12.6 Å². The molecule has 3 N–H and O–H groups in total. The van der Waals surface area contributed by atoms with Crippen molar-refractivity contribution in [3.63, 3.8) is 0 Å². The van der Waals surface area contributed by atoms with Gasteiger partial charge in [-0.2, -0.15) is 0 Å². The first-order chi connectivity index (χ1) is 8.79. The van der Waals surface area contributed by atoms with E-state index < -0.39 is 0 Å². The lowest BCUT2D eigenvalue weighted by Gasteiger charge is -2.13. The minimum Gasteiger partial charge on any atom is -0.497 e. The summed E-state index contributed by atoms with van der Waals surface area (Å²) in [4.78, 5) is 0. The molecule has 1 saturated carbocycles. The Bertz CT molecular complexity index is 376. The van der Waals surface area contributed by atoms with E-state index in [1.54, 1.807) is 7.11 Å². The Labute approximate surface area is 108 Å². The molecule has 0 spiro atoms. The van der Waals surface area contributed by atoms with E-state index in [1.165, 1.54) is 25.7 Å². The third-order valence-corrected chi connectivity index (χ3v) is 3.33. The van der Waals surface area contributed by atoms with E-state index >= 15 is 0 Å². The van der Waals surface area contributed by atoms with Crippen LogP contribution in [0.1, 0.15) is 25.7 Å². The van der Waals surface area contributed by atoms with Gasteiger partial charge in [-0.25, -0.2) is 0 Å². The average Bonchev–Trinajstić information content (AvgIpc) is 2.89. The van der Waals surface area contributed by atoms with Crippen LogP contribution in [0.4, 0.5) is 11.4 Å². The first-order valence-electron chi connectivity index (χ1n) is 6.58. The molecule has 4 heteroatoms. The van der Waals surface area contributed by atoms with Gasteiger partial charge in [0.1, 0.15) is 5.75 Å². The van der Waals surface area contributed by atoms with Crippen molar-refractivity contribution in [1.29, 1.82) is 0 Å². The summed E-state index contributed by atoms with van der Waals surface area (Å²) in [5, 5.41) is 3.28. The Morgan fingerprint density at radius 3 is 2.78 bits per heavy atom. The summed E-state index contributed by atoms with van der Waals surface area (Å²) in [7, 11) is 1.64. The monoisotopic (exact) mass is 250 g/mol. The number of benzene rings is 1. The second-order valence-corrected chi connectivity index (χ2v) is 4.66. The molecule has 0 bridgehead atoms. The highest BCUT2D eigenvalue weighted by atomic mass is 16.5. The number of nitrogen functional groups attached to an aromatic ring is 1. The highest BCUT2D eigenvalue weighted by Gasteiger charge is 2.14. The maximum atomic E-state index is 5.92. The van der Waals surface area contributed by atoms with Crippen molar-refractivity contribution >= 4 is 11.4 Å². The van der Waals surface area contributed by atoms with E-state index in [4.69, 9.17) is 15.2 Å². The quantitative estimate of drug-likeness (QED) is 0.602. The molecule has 0 atom stereocenters. The lowest BCUT2D eigenvalue weighted by Crippen LogP contribution is -2.15. The van der Waals surface area contributed by atoms with Crippen LogP contribution in [0.25, 0.3) is 0 Å². The molecule has 0 aromatic heterocycles. The lowest BCUT2D eigenvalue weighted by molar-refractivity contribution is 0.0659. The van der Waals surface area contributed by atoms with Crippen LogP contribution in [0, 0.1) is 0 Å². The van der Waals surface area contributed by atoms with E-state index in [1.807, 2.05) is 18.2 Å². The van der Waals surface area contributed by atoms with Crippen molar-refractivity contribution in [3.8, 4) is 5.75 Å². The van der Waals surface area contributed by atoms with Crippen molar-refractivity contribution in [2.24, 2.45) is 0 Å². The number of methoxy groups -OCH3 is 1. The highest BCUT2D eigenvalue weighted by Crippen LogP contribution is 2.24. The van der Waals surface area contributed by atoms with Gasteiger partial charge in [0.25, 0.3) is 0 Å². The van der Waals surface area contributed by atoms with Crippen molar-refractivity contribution in [3.05, 3.63) is 18.2 Å². The molecule has 0 aliphatic heterocycles. The molecule has 1 aromatic carbocycles. The Balaban J connectivity index is 1.72. The van der Waals surface area contributed by atoms with E-state index in [-0.39, 0.29) is 0 Å². The van der Waals surface area contributed by atoms with Gasteiger partial charge < -0.3 is 20.5 Å². The van der Waals surface area contributed by atoms with Crippen molar-refractivity contribution in [2.75, 3.05) is 31.3 Å². The van der Waals surface area contributed by atoms with E-state index in [2.05, 4.69) is 5.32 Å². The molecule has 0 unspecified atom stereocenters. The first kappa shape index (κ1) is 13.0. The van der Waals surface area contributed by atoms with E-state index in [9.17, 15) is 0 Å². The van der Waals surface area contributed by atoms with Gasteiger partial charge in [-0.05, 0) is 25.0 Å². The van der Waals surface area contributed by atoms with Gasteiger partial charge in [0.15, 0.2) is 0 Å². The molecule has 1 fully saturated rings. The maximum Gasteiger partial charge on any atom is 0.121 e. The fourth-order valence-electron chi connectivity index (χ4n) is 2.30. The summed E-state index contributed by atoms with van der Waals surface area (Å²) in [6, 6.07) is 5.65. The minimum absolute atomic E-state index is 0.472. The molecule has 4 nitrogen and oxygen atoms in total. The van der Waals surface area contributed by atoms with Crippen LogP contribution >= 0.6 is 0 Å². The maximum absolute atomic E-state index is 5.92. The molecule has 1 aromatic rings. The molecule has 0 heterocycles. The van der Waals surface area contributed by atoms with Crippen LogP contribution in [0.5, 0.6) is 5.75 Å². The summed E-state index contributed by atoms with van der Waals surface area (Å²) in [5.74, 6) is 0.778. The third kappa shape index (κ3) is 3.53. The Hall–Kier alpha value is -1.42. The zero-order valence-electron chi connectivity index (χ0n) is 10.9. The number of ether oxygens (including phenoxy) is 2. The van der Waals surface area contributed by atoms with Crippen molar-refractivity contribution in [2.45, 2.75) is 31.8 Å². The van der Waals surface area contributed by atoms with Gasteiger partial charge in [-0.1, -0.05) is 12.8 Å². The molecule has 1 aliphatic rings. The number of hydrogen-bond acceptors (Lipinski definition) is 4. The summed E-state index contributed by atoms with van der Waals surface area (Å²) < 4.78 is 10.9. The Kier molecular flexibility index (Phi) is 4.70. The average molecular weight is 250 g/mol. The van der Waals surface area contributed by atoms with Gasteiger partial charge in [0.05, 0.1) is 31.2 Å². The van der Waals surface area contributed by atoms with Crippen molar-refractivity contribution < 1.29 is 9.47 Å². The molecule has 18 heavy (non-hydrogen) atoms. The van der Waals surface area contributed by atoms with Gasteiger partial charge >= 0.3 is 0 Å². The number of anilines is 2. The number of nitrogens with two attached hydrogens (primary N) is 1. The smallest absolute Gasteiger partial charge is 0.121 e. The fourth-order valence-corrected chi connectivity index (χ4v) is 2.30. The molecular weight excluding hydrogens is 228 g/mol. The standard InChI is InChI=1S/C14H22N2O2/c1-17-12-6-7-14(13(15)10-12)16-8-9-18-11-4-2-3-5-11/h6-7,10-11,16H,2-5,8-9,15H2,1H3. The predicted octanol–water partition coefficient (Wildman–Crippen LogP) is 2.65. The summed E-state index contributed by atoms with van der Waals surface area (Å²) in [5.41, 5.74) is 7.56. The normalized spacial score (nSPS) is 15.8. The molecule has 2 rings (SSSR count). The van der Waals surface area contributed by atoms with Crippen LogP contribution in [-0.2, 0) is 4.74 Å². The zero-order valence-corrected chi connectivity index (χ0v) is 10.9. The lowest BCUT2D eigenvalue weighted by atomic mass is 10.2. The molecule has 0 radical (unpaired) electrons. The molecule has 0 amide bonds. The first-order valence-corrected chi connectivity index (χ1v) is 6.58. The van der Waals surface area contributed by atoms with Gasteiger partial charge in [-0.15, -0.1) is 0 Å². The van der Waals surface area contributed by atoms with Crippen LogP contribution in [0.3, 0.4) is 0 Å². The number of nitrogens with one attached hydrogen (secondary N) is 1. The SMILES string of the molecule is COc1ccc(NCCOC2CCCC2)c(N)c1. The predicted molar refractivity (Wildman–Crippen MR) is 74.1 cm³/mol. The van der Waals surface area contributed by atoms with Gasteiger partial charge in [0.2, 0.25) is 0 Å². The van der Waals surface area contributed by atoms with Crippen LogP contribution in [0.15, 0.2) is 18.2 Å². The number of rotatable bonds is 6. The Morgan fingerprint density at radius 2 is 2.11 bits per heavy atom. The van der Waals surface area contributed by atoms with Gasteiger partial charge in [-0.3, -0.25) is 0 Å².